The molecule has 0 aliphatic heterocycles. The highest BCUT2D eigenvalue weighted by molar-refractivity contribution is 7.98. The van der Waals surface area contributed by atoms with E-state index in [0.29, 0.717) is 24.0 Å². The first-order valence-electron chi connectivity index (χ1n) is 3.10. The Labute approximate surface area is 68.6 Å². The van der Waals surface area contributed by atoms with E-state index in [1.807, 2.05) is 12.3 Å². The number of hydrogen-bond donors (Lipinski definition) is 0. The molecule has 0 N–H and O–H groups in total. The van der Waals surface area contributed by atoms with Gasteiger partial charge in [-0.3, -0.25) is 0 Å². The molecule has 0 aliphatic rings. The van der Waals surface area contributed by atoms with Crippen LogP contribution in [0.5, 0.6) is 0 Å². The molecule has 1 heterocycles. The summed E-state index contributed by atoms with van der Waals surface area (Å²) in [5.41, 5.74) is 0. The van der Waals surface area contributed by atoms with E-state index in [-0.39, 0.29) is 0 Å². The summed E-state index contributed by atoms with van der Waals surface area (Å²) in [6.07, 6.45) is 2.83. The molecule has 0 radical (unpaired) electrons. The average molecular weight is 169 g/mol. The van der Waals surface area contributed by atoms with Gasteiger partial charge in [-0.2, -0.15) is 5.26 Å². The number of thioether (sulfide) groups is 1. The fraction of sp³-hybridized carbons (Fsp3) is 0.500. The molecule has 0 saturated heterocycles. The lowest BCUT2D eigenvalue weighted by Gasteiger charge is -1.83. The Morgan fingerprint density at radius 1 is 1.64 bits per heavy atom. The van der Waals surface area contributed by atoms with Crippen LogP contribution in [0.25, 0.3) is 0 Å². The SMILES string of the molecule is CSc1nnc(CCC#N)o1. The first-order valence-corrected chi connectivity index (χ1v) is 4.32. The van der Waals surface area contributed by atoms with Crippen molar-refractivity contribution < 1.29 is 4.42 Å². The summed E-state index contributed by atoms with van der Waals surface area (Å²) in [5.74, 6) is 0.538. The molecule has 5 heteroatoms. The Balaban J connectivity index is 2.53. The second kappa shape index (κ2) is 3.98. The molecule has 0 saturated carbocycles. The monoisotopic (exact) mass is 169 g/mol. The lowest BCUT2D eigenvalue weighted by atomic mass is 10.3. The number of aromatic nitrogens is 2. The van der Waals surface area contributed by atoms with E-state index < -0.39 is 0 Å². The molecule has 4 nitrogen and oxygen atoms in total. The topological polar surface area (TPSA) is 62.7 Å². The highest BCUT2D eigenvalue weighted by atomic mass is 32.2. The third-order valence-corrected chi connectivity index (χ3v) is 1.59. The van der Waals surface area contributed by atoms with Gasteiger partial charge >= 0.3 is 0 Å². The van der Waals surface area contributed by atoms with Crippen molar-refractivity contribution in [3.05, 3.63) is 5.89 Å². The molecule has 0 spiro atoms. The van der Waals surface area contributed by atoms with Crippen LogP contribution >= 0.6 is 11.8 Å². The molecule has 0 aliphatic carbocycles. The summed E-state index contributed by atoms with van der Waals surface area (Å²) in [6, 6.07) is 2.01. The zero-order valence-corrected chi connectivity index (χ0v) is 6.89. The smallest absolute Gasteiger partial charge is 0.276 e. The van der Waals surface area contributed by atoms with Crippen LogP contribution in [0.3, 0.4) is 0 Å². The predicted molar refractivity (Wildman–Crippen MR) is 40.0 cm³/mol. The van der Waals surface area contributed by atoms with Crippen LogP contribution in [0.4, 0.5) is 0 Å². The van der Waals surface area contributed by atoms with Crippen molar-refractivity contribution in [1.82, 2.24) is 10.2 Å². The maximum absolute atomic E-state index is 8.25. The van der Waals surface area contributed by atoms with Crippen LogP contribution in [0, 0.1) is 11.3 Å². The van der Waals surface area contributed by atoms with E-state index in [9.17, 15) is 0 Å². The van der Waals surface area contributed by atoms with Crippen molar-refractivity contribution in [3.8, 4) is 6.07 Å². The van der Waals surface area contributed by atoms with Crippen LogP contribution in [-0.2, 0) is 6.42 Å². The van der Waals surface area contributed by atoms with E-state index >= 15 is 0 Å². The normalized spacial score (nSPS) is 9.45. The van der Waals surface area contributed by atoms with Crippen molar-refractivity contribution in [1.29, 1.82) is 5.26 Å². The molecular formula is C6H7N3OS. The zero-order chi connectivity index (χ0) is 8.10. The number of hydrogen-bond acceptors (Lipinski definition) is 5. The van der Waals surface area contributed by atoms with Crippen LogP contribution in [-0.4, -0.2) is 16.5 Å². The molecule has 0 bridgehead atoms. The Morgan fingerprint density at radius 3 is 3.00 bits per heavy atom. The van der Waals surface area contributed by atoms with Crippen LogP contribution in [0.2, 0.25) is 0 Å². The molecule has 0 fully saturated rings. The first kappa shape index (κ1) is 8.08. The summed E-state index contributed by atoms with van der Waals surface area (Å²) < 4.78 is 5.12. The molecule has 0 amide bonds. The molecule has 11 heavy (non-hydrogen) atoms. The van der Waals surface area contributed by atoms with E-state index in [1.54, 1.807) is 0 Å². The van der Waals surface area contributed by atoms with Gasteiger partial charge in [0.2, 0.25) is 5.89 Å². The van der Waals surface area contributed by atoms with Gasteiger partial charge in [0.15, 0.2) is 0 Å². The Morgan fingerprint density at radius 2 is 2.45 bits per heavy atom. The van der Waals surface area contributed by atoms with Crippen LogP contribution < -0.4 is 0 Å². The van der Waals surface area contributed by atoms with Gasteiger partial charge in [-0.1, -0.05) is 11.8 Å². The van der Waals surface area contributed by atoms with Crippen molar-refractivity contribution in [2.45, 2.75) is 18.1 Å². The van der Waals surface area contributed by atoms with Crippen molar-refractivity contribution >= 4 is 11.8 Å². The van der Waals surface area contributed by atoms with Crippen LogP contribution in [0.15, 0.2) is 9.64 Å². The largest absolute Gasteiger partial charge is 0.416 e. The average Bonchev–Trinajstić information content (AvgIpc) is 2.48. The summed E-state index contributed by atoms with van der Waals surface area (Å²) in [6.45, 7) is 0. The maximum atomic E-state index is 8.25. The summed E-state index contributed by atoms with van der Waals surface area (Å²) >= 11 is 1.40. The summed E-state index contributed by atoms with van der Waals surface area (Å²) in [5, 5.41) is 16.3. The summed E-state index contributed by atoms with van der Waals surface area (Å²) in [7, 11) is 0. The number of nitrogens with zero attached hydrogens (tertiary/aromatic N) is 3. The van der Waals surface area contributed by atoms with Gasteiger partial charge in [0, 0.05) is 12.8 Å². The number of rotatable bonds is 3. The highest BCUT2D eigenvalue weighted by Gasteiger charge is 2.02. The third kappa shape index (κ3) is 2.24. The lowest BCUT2D eigenvalue weighted by molar-refractivity contribution is 0.414. The van der Waals surface area contributed by atoms with Gasteiger partial charge in [0.05, 0.1) is 6.07 Å². The van der Waals surface area contributed by atoms with Gasteiger partial charge < -0.3 is 4.42 Å². The minimum absolute atomic E-state index is 0.427. The van der Waals surface area contributed by atoms with Crippen LogP contribution in [0.1, 0.15) is 12.3 Å². The predicted octanol–water partition coefficient (Wildman–Crippen LogP) is 1.25. The van der Waals surface area contributed by atoms with Gasteiger partial charge in [-0.25, -0.2) is 0 Å². The van der Waals surface area contributed by atoms with Gasteiger partial charge in [-0.05, 0) is 6.26 Å². The molecule has 1 aromatic rings. The molecular weight excluding hydrogens is 162 g/mol. The standard InChI is InChI=1S/C6H7N3OS/c1-11-6-9-8-5(10-6)3-2-4-7/h2-3H2,1H3. The Hall–Kier alpha value is -1.02. The zero-order valence-electron chi connectivity index (χ0n) is 6.07. The summed E-state index contributed by atoms with van der Waals surface area (Å²) in [4.78, 5) is 0. The second-order valence-electron chi connectivity index (χ2n) is 1.82. The van der Waals surface area contributed by atoms with Crippen molar-refractivity contribution in [3.63, 3.8) is 0 Å². The van der Waals surface area contributed by atoms with Gasteiger partial charge in [0.1, 0.15) is 0 Å². The number of aryl methyl sites for hydroxylation is 1. The molecule has 0 atom stereocenters. The molecule has 1 aromatic heterocycles. The van der Waals surface area contributed by atoms with Gasteiger partial charge in [0.25, 0.3) is 5.22 Å². The van der Waals surface area contributed by atoms with E-state index in [4.69, 9.17) is 9.68 Å². The second-order valence-corrected chi connectivity index (χ2v) is 2.58. The minimum Gasteiger partial charge on any atom is -0.416 e. The minimum atomic E-state index is 0.427. The highest BCUT2D eigenvalue weighted by Crippen LogP contribution is 2.12. The third-order valence-electron chi connectivity index (χ3n) is 1.07. The quantitative estimate of drug-likeness (QED) is 0.637. The van der Waals surface area contributed by atoms with E-state index in [0.717, 1.165) is 0 Å². The fourth-order valence-corrected chi connectivity index (χ4v) is 0.887. The Kier molecular flexibility index (Phi) is 2.93. The number of nitriles is 1. The maximum Gasteiger partial charge on any atom is 0.276 e. The molecule has 0 unspecified atom stereocenters. The van der Waals surface area contributed by atoms with E-state index in [2.05, 4.69) is 10.2 Å². The lowest BCUT2D eigenvalue weighted by Crippen LogP contribution is -1.82. The molecule has 1 rings (SSSR count). The van der Waals surface area contributed by atoms with Crippen molar-refractivity contribution in [2.75, 3.05) is 6.26 Å². The first-order chi connectivity index (χ1) is 5.36. The van der Waals surface area contributed by atoms with E-state index in [1.165, 1.54) is 11.8 Å². The molecule has 0 aromatic carbocycles. The Bertz CT molecular complexity index is 265. The van der Waals surface area contributed by atoms with Gasteiger partial charge in [-0.15, -0.1) is 10.2 Å². The fourth-order valence-electron chi connectivity index (χ4n) is 0.585. The molecule has 58 valence electrons. The van der Waals surface area contributed by atoms with Crippen molar-refractivity contribution in [2.24, 2.45) is 0 Å².